The summed E-state index contributed by atoms with van der Waals surface area (Å²) < 4.78 is 5.17. The zero-order valence-corrected chi connectivity index (χ0v) is 23.0. The highest BCUT2D eigenvalue weighted by atomic mass is 16.5. The molecular formula is C37H33NO2. The van der Waals surface area contributed by atoms with Crippen LogP contribution in [0.5, 0.6) is 5.75 Å². The van der Waals surface area contributed by atoms with Gasteiger partial charge >= 0.3 is 5.97 Å². The Morgan fingerprint density at radius 2 is 0.975 bits per heavy atom. The summed E-state index contributed by atoms with van der Waals surface area (Å²) in [6, 6.07) is 42.5. The lowest BCUT2D eigenvalue weighted by Crippen LogP contribution is -2.10. The molecular weight excluding hydrogens is 490 g/mol. The molecule has 0 bridgehead atoms. The van der Waals surface area contributed by atoms with Crippen molar-refractivity contribution in [1.82, 2.24) is 0 Å². The van der Waals surface area contributed by atoms with E-state index >= 15 is 0 Å². The van der Waals surface area contributed by atoms with E-state index in [4.69, 9.17) is 4.74 Å². The summed E-state index contributed by atoms with van der Waals surface area (Å²) in [5.74, 6) is 0.0795. The Hall–Kier alpha value is -4.89. The molecule has 5 aromatic rings. The first-order valence-electron chi connectivity index (χ1n) is 13.5. The summed E-state index contributed by atoms with van der Waals surface area (Å²) in [6.45, 7) is 7.65. The average Bonchev–Trinajstić information content (AvgIpc) is 2.99. The number of benzene rings is 5. The second kappa shape index (κ2) is 12.3. The van der Waals surface area contributed by atoms with Gasteiger partial charge < -0.3 is 9.64 Å². The number of hydrogen-bond donors (Lipinski definition) is 0. The van der Waals surface area contributed by atoms with Crippen LogP contribution in [0.1, 0.15) is 22.3 Å². The van der Waals surface area contributed by atoms with Crippen LogP contribution in [0.15, 0.2) is 134 Å². The molecule has 0 unspecified atom stereocenters. The molecule has 0 fully saturated rings. The van der Waals surface area contributed by atoms with E-state index in [-0.39, 0.29) is 0 Å². The highest BCUT2D eigenvalue weighted by molar-refractivity contribution is 5.83. The van der Waals surface area contributed by atoms with Gasteiger partial charge in [0.1, 0.15) is 5.75 Å². The molecule has 0 saturated carbocycles. The van der Waals surface area contributed by atoms with E-state index in [0.717, 1.165) is 36.0 Å². The Morgan fingerprint density at radius 3 is 1.45 bits per heavy atom. The number of carbonyl (C=O) groups is 1. The number of esters is 1. The van der Waals surface area contributed by atoms with E-state index in [1.165, 1.54) is 33.4 Å². The number of rotatable bonds is 9. The molecule has 0 amide bonds. The van der Waals surface area contributed by atoms with Gasteiger partial charge in [-0.15, -0.1) is 0 Å². The summed E-state index contributed by atoms with van der Waals surface area (Å²) in [5, 5.41) is 0. The summed E-state index contributed by atoms with van der Waals surface area (Å²) in [5.41, 5.74) is 10.7. The van der Waals surface area contributed by atoms with Gasteiger partial charge in [-0.25, -0.2) is 4.79 Å². The molecule has 0 aliphatic carbocycles. The maximum atomic E-state index is 11.4. The van der Waals surface area contributed by atoms with E-state index in [2.05, 4.69) is 122 Å². The normalized spacial score (nSPS) is 10.7. The number of nitrogens with zero attached hydrogens (tertiary/aromatic N) is 1. The fourth-order valence-corrected chi connectivity index (χ4v) is 4.67. The van der Waals surface area contributed by atoms with Gasteiger partial charge in [0.15, 0.2) is 0 Å². The number of ether oxygens (including phenoxy) is 1. The van der Waals surface area contributed by atoms with Crippen molar-refractivity contribution in [2.45, 2.75) is 26.7 Å². The largest absolute Gasteiger partial charge is 0.423 e. The van der Waals surface area contributed by atoms with E-state index in [9.17, 15) is 4.79 Å². The zero-order valence-electron chi connectivity index (χ0n) is 23.0. The van der Waals surface area contributed by atoms with Crippen molar-refractivity contribution in [2.24, 2.45) is 0 Å². The van der Waals surface area contributed by atoms with Crippen molar-refractivity contribution < 1.29 is 9.53 Å². The van der Waals surface area contributed by atoms with Gasteiger partial charge in [0, 0.05) is 23.1 Å². The third kappa shape index (κ3) is 6.57. The third-order valence-corrected chi connectivity index (χ3v) is 7.01. The summed E-state index contributed by atoms with van der Waals surface area (Å²) in [7, 11) is 0. The highest BCUT2D eigenvalue weighted by Crippen LogP contribution is 2.36. The van der Waals surface area contributed by atoms with Crippen LogP contribution in [0.3, 0.4) is 0 Å². The smallest absolute Gasteiger partial charge is 0.335 e. The fourth-order valence-electron chi connectivity index (χ4n) is 4.67. The molecule has 3 heteroatoms. The van der Waals surface area contributed by atoms with Gasteiger partial charge in [0.2, 0.25) is 0 Å². The van der Waals surface area contributed by atoms with Crippen LogP contribution in [0.4, 0.5) is 17.1 Å². The number of hydrogen-bond acceptors (Lipinski definition) is 3. The molecule has 0 aromatic heterocycles. The number of aryl methyl sites for hydroxylation is 4. The second-order valence-corrected chi connectivity index (χ2v) is 10.0. The quantitative estimate of drug-likeness (QED) is 0.109. The summed E-state index contributed by atoms with van der Waals surface area (Å²) in [4.78, 5) is 13.7. The first-order valence-corrected chi connectivity index (χ1v) is 13.5. The van der Waals surface area contributed by atoms with Crippen LogP contribution in [-0.2, 0) is 17.6 Å². The fraction of sp³-hybridized carbons (Fsp3) is 0.108. The summed E-state index contributed by atoms with van der Waals surface area (Å²) >= 11 is 0. The predicted molar refractivity (Wildman–Crippen MR) is 166 cm³/mol. The van der Waals surface area contributed by atoms with Gasteiger partial charge in [-0.05, 0) is 97.5 Å². The average molecular weight is 524 g/mol. The van der Waals surface area contributed by atoms with E-state index in [1.807, 2.05) is 24.3 Å². The minimum atomic E-state index is -0.449. The predicted octanol–water partition coefficient (Wildman–Crippen LogP) is 9.32. The van der Waals surface area contributed by atoms with Crippen LogP contribution in [0.25, 0.3) is 11.1 Å². The third-order valence-electron chi connectivity index (χ3n) is 7.01. The molecule has 0 radical (unpaired) electrons. The molecule has 0 spiro atoms. The topological polar surface area (TPSA) is 29.5 Å². The Balaban J connectivity index is 1.34. The van der Waals surface area contributed by atoms with Crippen molar-refractivity contribution in [3.8, 4) is 16.9 Å². The van der Waals surface area contributed by atoms with Crippen molar-refractivity contribution in [3.63, 3.8) is 0 Å². The molecule has 3 nitrogen and oxygen atoms in total. The molecule has 198 valence electrons. The molecule has 0 heterocycles. The van der Waals surface area contributed by atoms with Crippen LogP contribution < -0.4 is 9.64 Å². The lowest BCUT2D eigenvalue weighted by Gasteiger charge is -2.26. The summed E-state index contributed by atoms with van der Waals surface area (Å²) in [6.07, 6.45) is 2.98. The van der Waals surface area contributed by atoms with Crippen LogP contribution in [0.2, 0.25) is 0 Å². The standard InChI is InChI=1S/C37H33NO2/c1-4-37(39)40-36-25-13-30(14-26-36)10-9-29-11-21-34(22-12-29)38(33-19-7-28(3)8-20-33)35-23-17-32(18-24-35)31-15-5-27(2)6-16-31/h4-8,11-26H,1,9-10H2,2-3H3. The van der Waals surface area contributed by atoms with Crippen LogP contribution >= 0.6 is 0 Å². The lowest BCUT2D eigenvalue weighted by atomic mass is 10.0. The minimum absolute atomic E-state index is 0.449. The molecule has 5 rings (SSSR count). The van der Waals surface area contributed by atoms with Gasteiger partial charge in [0.05, 0.1) is 0 Å². The minimum Gasteiger partial charge on any atom is -0.423 e. The maximum absolute atomic E-state index is 11.4. The molecule has 0 N–H and O–H groups in total. The molecule has 0 saturated heterocycles. The van der Waals surface area contributed by atoms with E-state index in [0.29, 0.717) is 5.75 Å². The highest BCUT2D eigenvalue weighted by Gasteiger charge is 2.13. The monoisotopic (exact) mass is 523 g/mol. The lowest BCUT2D eigenvalue weighted by molar-refractivity contribution is -0.128. The molecule has 40 heavy (non-hydrogen) atoms. The van der Waals surface area contributed by atoms with Crippen molar-refractivity contribution in [3.05, 3.63) is 156 Å². The van der Waals surface area contributed by atoms with Crippen LogP contribution in [0, 0.1) is 13.8 Å². The Morgan fingerprint density at radius 1 is 0.600 bits per heavy atom. The number of anilines is 3. The van der Waals surface area contributed by atoms with E-state index < -0.39 is 5.97 Å². The Kier molecular flexibility index (Phi) is 8.22. The van der Waals surface area contributed by atoms with Gasteiger partial charge in [-0.3, -0.25) is 0 Å². The molecule has 0 aliphatic rings. The second-order valence-electron chi connectivity index (χ2n) is 10.0. The Labute approximate surface area is 237 Å². The SMILES string of the molecule is C=CC(=O)Oc1ccc(CCc2ccc(N(c3ccc(C)cc3)c3ccc(-c4ccc(C)cc4)cc3)cc2)cc1. The first-order chi connectivity index (χ1) is 19.5. The molecule has 5 aromatic carbocycles. The molecule has 0 aliphatic heterocycles. The first kappa shape index (κ1) is 26.7. The van der Waals surface area contributed by atoms with Crippen molar-refractivity contribution in [2.75, 3.05) is 4.90 Å². The zero-order chi connectivity index (χ0) is 27.9. The van der Waals surface area contributed by atoms with Gasteiger partial charge in [-0.1, -0.05) is 90.5 Å². The van der Waals surface area contributed by atoms with Crippen molar-refractivity contribution in [1.29, 1.82) is 0 Å². The van der Waals surface area contributed by atoms with Gasteiger partial charge in [0.25, 0.3) is 0 Å². The van der Waals surface area contributed by atoms with Gasteiger partial charge in [-0.2, -0.15) is 0 Å². The molecule has 0 atom stereocenters. The number of carbonyl (C=O) groups excluding carboxylic acids is 1. The van der Waals surface area contributed by atoms with Crippen LogP contribution in [-0.4, -0.2) is 5.97 Å². The van der Waals surface area contributed by atoms with E-state index in [1.54, 1.807) is 0 Å². The van der Waals surface area contributed by atoms with Crippen molar-refractivity contribution >= 4 is 23.0 Å². The maximum Gasteiger partial charge on any atom is 0.335 e. The Bertz CT molecular complexity index is 1570.